The Kier molecular flexibility index (Phi) is 8.70. The van der Waals surface area contributed by atoms with Gasteiger partial charge in [-0.1, -0.05) is 60.8 Å². The Morgan fingerprint density at radius 3 is 2.05 bits per heavy atom. The van der Waals surface area contributed by atoms with Gasteiger partial charge in [-0.25, -0.2) is 0 Å². The standard InChI is InChI=1S/C17H38O3Si/c1-9-10-11-13(2)14(3)16(15(19)12-18)20-21(7,8)17(4,5)6/h13-16,18-19H,9-12H2,1-8H3/t13-,14+,15-,16-/m0/s1. The van der Waals surface area contributed by atoms with Crippen LogP contribution in [-0.4, -0.2) is 37.3 Å². The molecular weight excluding hydrogens is 280 g/mol. The third kappa shape index (κ3) is 6.39. The first kappa shape index (κ1) is 21.1. The molecule has 0 amide bonds. The summed E-state index contributed by atoms with van der Waals surface area (Å²) in [4.78, 5) is 0. The predicted molar refractivity (Wildman–Crippen MR) is 93.0 cm³/mol. The van der Waals surface area contributed by atoms with E-state index in [9.17, 15) is 10.2 Å². The Morgan fingerprint density at radius 1 is 1.14 bits per heavy atom. The summed E-state index contributed by atoms with van der Waals surface area (Å²) in [5.74, 6) is 0.730. The van der Waals surface area contributed by atoms with Crippen LogP contribution in [0.4, 0.5) is 0 Å². The highest BCUT2D eigenvalue weighted by Gasteiger charge is 2.42. The summed E-state index contributed by atoms with van der Waals surface area (Å²) in [5, 5.41) is 19.7. The Balaban J connectivity index is 5.04. The van der Waals surface area contributed by atoms with Gasteiger partial charge in [0.15, 0.2) is 8.32 Å². The third-order valence-electron chi connectivity index (χ3n) is 5.23. The van der Waals surface area contributed by atoms with Crippen LogP contribution in [0.2, 0.25) is 18.1 Å². The second kappa shape index (κ2) is 8.66. The van der Waals surface area contributed by atoms with E-state index in [4.69, 9.17) is 4.43 Å². The zero-order valence-corrected chi connectivity index (χ0v) is 16.4. The summed E-state index contributed by atoms with van der Waals surface area (Å²) >= 11 is 0. The van der Waals surface area contributed by atoms with Gasteiger partial charge in [-0.3, -0.25) is 0 Å². The second-order valence-corrected chi connectivity index (χ2v) is 12.8. The van der Waals surface area contributed by atoms with Gasteiger partial charge in [0.25, 0.3) is 0 Å². The van der Waals surface area contributed by atoms with Crippen molar-refractivity contribution in [2.24, 2.45) is 11.8 Å². The highest BCUT2D eigenvalue weighted by molar-refractivity contribution is 6.74. The molecule has 0 aromatic rings. The quantitative estimate of drug-likeness (QED) is 0.627. The Labute approximate surface area is 133 Å². The molecule has 0 spiro atoms. The van der Waals surface area contributed by atoms with E-state index in [-0.39, 0.29) is 23.7 Å². The van der Waals surface area contributed by atoms with Crippen molar-refractivity contribution in [1.82, 2.24) is 0 Å². The molecule has 0 aromatic carbocycles. The van der Waals surface area contributed by atoms with Crippen molar-refractivity contribution in [1.29, 1.82) is 0 Å². The summed E-state index contributed by atoms with van der Waals surface area (Å²) in [6.45, 7) is 17.4. The Bertz CT molecular complexity index is 286. The minimum Gasteiger partial charge on any atom is -0.411 e. The molecule has 3 nitrogen and oxygen atoms in total. The maximum absolute atomic E-state index is 10.2. The average Bonchev–Trinajstić information content (AvgIpc) is 2.39. The van der Waals surface area contributed by atoms with Crippen molar-refractivity contribution in [3.63, 3.8) is 0 Å². The first-order chi connectivity index (χ1) is 9.47. The van der Waals surface area contributed by atoms with Crippen molar-refractivity contribution in [2.75, 3.05) is 6.61 Å². The highest BCUT2D eigenvalue weighted by Crippen LogP contribution is 2.39. The first-order valence-electron chi connectivity index (χ1n) is 8.44. The van der Waals surface area contributed by atoms with Crippen LogP contribution in [0.5, 0.6) is 0 Å². The van der Waals surface area contributed by atoms with Crippen molar-refractivity contribution >= 4 is 8.32 Å². The zero-order chi connectivity index (χ0) is 16.8. The molecule has 0 aliphatic carbocycles. The van der Waals surface area contributed by atoms with E-state index in [0.717, 1.165) is 6.42 Å². The molecule has 21 heavy (non-hydrogen) atoms. The molecule has 0 unspecified atom stereocenters. The van der Waals surface area contributed by atoms with Gasteiger partial charge in [0.1, 0.15) is 6.10 Å². The fraction of sp³-hybridized carbons (Fsp3) is 1.00. The fourth-order valence-electron chi connectivity index (χ4n) is 2.27. The lowest BCUT2D eigenvalue weighted by Gasteiger charge is -2.43. The van der Waals surface area contributed by atoms with E-state index in [0.29, 0.717) is 5.92 Å². The lowest BCUT2D eigenvalue weighted by atomic mass is 9.85. The molecule has 0 saturated heterocycles. The smallest absolute Gasteiger partial charge is 0.192 e. The van der Waals surface area contributed by atoms with Gasteiger partial charge in [0.05, 0.1) is 12.7 Å². The minimum atomic E-state index is -1.96. The van der Waals surface area contributed by atoms with E-state index in [1.54, 1.807) is 0 Å². The number of rotatable bonds is 9. The number of unbranched alkanes of at least 4 members (excludes halogenated alkanes) is 1. The third-order valence-corrected chi connectivity index (χ3v) is 9.71. The minimum absolute atomic E-state index is 0.104. The van der Waals surface area contributed by atoms with Gasteiger partial charge in [0.2, 0.25) is 0 Å². The van der Waals surface area contributed by atoms with Gasteiger partial charge in [-0.05, 0) is 30.0 Å². The van der Waals surface area contributed by atoms with Crippen molar-refractivity contribution in [3.05, 3.63) is 0 Å². The maximum atomic E-state index is 10.2. The summed E-state index contributed by atoms with van der Waals surface area (Å²) in [7, 11) is -1.96. The molecule has 2 N–H and O–H groups in total. The van der Waals surface area contributed by atoms with Crippen LogP contribution in [0.1, 0.15) is 60.8 Å². The maximum Gasteiger partial charge on any atom is 0.192 e. The van der Waals surface area contributed by atoms with E-state index in [2.05, 4.69) is 54.6 Å². The van der Waals surface area contributed by atoms with Crippen molar-refractivity contribution < 1.29 is 14.6 Å². The number of hydrogen-bond donors (Lipinski definition) is 2. The average molecular weight is 319 g/mol. The molecule has 0 bridgehead atoms. The molecule has 0 radical (unpaired) electrons. The Morgan fingerprint density at radius 2 is 1.67 bits per heavy atom. The van der Waals surface area contributed by atoms with Gasteiger partial charge in [-0.15, -0.1) is 0 Å². The van der Waals surface area contributed by atoms with Crippen LogP contribution >= 0.6 is 0 Å². The van der Waals surface area contributed by atoms with Crippen LogP contribution in [0.3, 0.4) is 0 Å². The van der Waals surface area contributed by atoms with Crippen molar-refractivity contribution in [2.45, 2.75) is 91.1 Å². The van der Waals surface area contributed by atoms with E-state index in [1.165, 1.54) is 12.8 Å². The largest absolute Gasteiger partial charge is 0.411 e. The van der Waals surface area contributed by atoms with Crippen LogP contribution in [0, 0.1) is 11.8 Å². The number of aliphatic hydroxyl groups excluding tert-OH is 2. The molecule has 4 heteroatoms. The molecule has 0 fully saturated rings. The van der Waals surface area contributed by atoms with E-state index < -0.39 is 14.4 Å². The lowest BCUT2D eigenvalue weighted by Crippen LogP contribution is -2.51. The molecule has 0 rings (SSSR count). The molecule has 0 heterocycles. The molecular formula is C17H38O3Si. The van der Waals surface area contributed by atoms with Gasteiger partial charge < -0.3 is 14.6 Å². The van der Waals surface area contributed by atoms with Crippen LogP contribution in [-0.2, 0) is 4.43 Å². The lowest BCUT2D eigenvalue weighted by molar-refractivity contribution is -0.0436. The number of aliphatic hydroxyl groups is 2. The molecule has 0 aliphatic rings. The first-order valence-corrected chi connectivity index (χ1v) is 11.4. The van der Waals surface area contributed by atoms with Crippen molar-refractivity contribution in [3.8, 4) is 0 Å². The van der Waals surface area contributed by atoms with Gasteiger partial charge in [0, 0.05) is 0 Å². The second-order valence-electron chi connectivity index (χ2n) is 8.07. The zero-order valence-electron chi connectivity index (χ0n) is 15.4. The summed E-state index contributed by atoms with van der Waals surface area (Å²) < 4.78 is 6.45. The molecule has 4 atom stereocenters. The van der Waals surface area contributed by atoms with E-state index in [1.807, 2.05) is 0 Å². The summed E-state index contributed by atoms with van der Waals surface area (Å²) in [5.41, 5.74) is 0. The molecule has 128 valence electrons. The van der Waals surface area contributed by atoms with Crippen LogP contribution in [0.25, 0.3) is 0 Å². The highest BCUT2D eigenvalue weighted by atomic mass is 28.4. The molecule has 0 saturated carbocycles. The monoisotopic (exact) mass is 318 g/mol. The summed E-state index contributed by atoms with van der Waals surface area (Å²) in [6.07, 6.45) is 2.47. The summed E-state index contributed by atoms with van der Waals surface area (Å²) in [6, 6.07) is 0. The van der Waals surface area contributed by atoms with Crippen LogP contribution < -0.4 is 0 Å². The normalized spacial score (nSPS) is 19.1. The predicted octanol–water partition coefficient (Wildman–Crippen LogP) is 4.19. The Hall–Kier alpha value is 0.0969. The van der Waals surface area contributed by atoms with Gasteiger partial charge in [-0.2, -0.15) is 0 Å². The topological polar surface area (TPSA) is 49.7 Å². The van der Waals surface area contributed by atoms with Crippen LogP contribution in [0.15, 0.2) is 0 Å². The van der Waals surface area contributed by atoms with E-state index >= 15 is 0 Å². The number of hydrogen-bond acceptors (Lipinski definition) is 3. The van der Waals surface area contributed by atoms with Gasteiger partial charge >= 0.3 is 0 Å². The molecule has 0 aromatic heterocycles. The fourth-order valence-corrected chi connectivity index (χ4v) is 3.68. The SMILES string of the molecule is CCCC[C@H](C)[C@@H](C)[C@H](O[Si](C)(C)C(C)(C)C)[C@@H](O)CO. The molecule has 0 aliphatic heterocycles.